The predicted molar refractivity (Wildman–Crippen MR) is 107 cm³/mol. The van der Waals surface area contributed by atoms with Crippen LogP contribution in [0.2, 0.25) is 0 Å². The maximum atomic E-state index is 12.9. The Morgan fingerprint density at radius 3 is 2.50 bits per heavy atom. The molecule has 160 valence electrons. The monoisotopic (exact) mass is 421 g/mol. The first-order valence-corrected chi connectivity index (χ1v) is 8.92. The number of rotatable bonds is 7. The molecule has 0 aliphatic heterocycles. The van der Waals surface area contributed by atoms with E-state index in [-0.39, 0.29) is 12.2 Å². The maximum Gasteiger partial charge on any atom is 0.416 e. The first-order chi connectivity index (χ1) is 14.2. The highest BCUT2D eigenvalue weighted by Crippen LogP contribution is 2.29. The van der Waals surface area contributed by atoms with Gasteiger partial charge >= 0.3 is 12.1 Å². The van der Waals surface area contributed by atoms with E-state index in [0.29, 0.717) is 22.4 Å². The van der Waals surface area contributed by atoms with Crippen molar-refractivity contribution in [2.45, 2.75) is 26.6 Å². The molecule has 0 amide bonds. The van der Waals surface area contributed by atoms with Crippen LogP contribution in [0.4, 0.5) is 13.2 Å². The summed E-state index contributed by atoms with van der Waals surface area (Å²) >= 11 is 0. The van der Waals surface area contributed by atoms with E-state index >= 15 is 0 Å². The van der Waals surface area contributed by atoms with Crippen molar-refractivity contribution in [2.24, 2.45) is 5.16 Å². The second-order valence-corrected chi connectivity index (χ2v) is 6.44. The molecule has 0 aliphatic rings. The molecule has 2 rings (SSSR count). The minimum absolute atomic E-state index is 0.0605. The van der Waals surface area contributed by atoms with Crippen LogP contribution in [0.3, 0.4) is 0 Å². The first-order valence-electron chi connectivity index (χ1n) is 8.92. The van der Waals surface area contributed by atoms with Gasteiger partial charge in [-0.1, -0.05) is 29.4 Å². The second-order valence-electron chi connectivity index (χ2n) is 6.44. The number of carbonyl (C=O) groups excluding carboxylic acids is 1. The number of hydrogen-bond donors (Lipinski definition) is 0. The number of carbonyl (C=O) groups is 1. The molecule has 0 heterocycles. The van der Waals surface area contributed by atoms with Crippen molar-refractivity contribution < 1.29 is 32.3 Å². The van der Waals surface area contributed by atoms with Gasteiger partial charge in [0, 0.05) is 0 Å². The number of oxime groups is 1. The number of benzene rings is 2. The molecule has 0 bridgehead atoms. The lowest BCUT2D eigenvalue weighted by Crippen LogP contribution is -2.07. The van der Waals surface area contributed by atoms with Gasteiger partial charge < -0.3 is 14.3 Å². The van der Waals surface area contributed by atoms with E-state index < -0.39 is 17.7 Å². The van der Waals surface area contributed by atoms with Crippen molar-refractivity contribution >= 4 is 17.3 Å². The Hall–Kier alpha value is -3.29. The van der Waals surface area contributed by atoms with Gasteiger partial charge in [0.25, 0.3) is 0 Å². The van der Waals surface area contributed by atoms with Crippen LogP contribution in [0.25, 0.3) is 5.57 Å². The minimum Gasteiger partial charge on any atom is -0.503 e. The molecule has 2 aromatic carbocycles. The Labute approximate surface area is 172 Å². The molecule has 0 saturated carbocycles. The lowest BCUT2D eigenvalue weighted by atomic mass is 9.99. The van der Waals surface area contributed by atoms with E-state index in [9.17, 15) is 18.0 Å². The third-order valence-electron chi connectivity index (χ3n) is 4.27. The standard InChI is InChI=1S/C22H22F3NO4/c1-14-8-9-16(10-19(14)20(13-28-3)21(27)29-4)12-30-26-15(2)17-6-5-7-18(11-17)22(23,24)25/h5-11,13H,12H2,1-4H3/b20-13+,26-15+. The number of esters is 1. The number of halogens is 3. The van der Waals surface area contributed by atoms with Crippen molar-refractivity contribution in [3.63, 3.8) is 0 Å². The fourth-order valence-electron chi connectivity index (χ4n) is 2.68. The third-order valence-corrected chi connectivity index (χ3v) is 4.27. The van der Waals surface area contributed by atoms with E-state index in [0.717, 1.165) is 17.7 Å². The number of hydrogen-bond acceptors (Lipinski definition) is 5. The second kappa shape index (κ2) is 9.96. The zero-order valence-electron chi connectivity index (χ0n) is 17.0. The zero-order valence-corrected chi connectivity index (χ0v) is 17.0. The lowest BCUT2D eigenvalue weighted by molar-refractivity contribution is -0.137. The van der Waals surface area contributed by atoms with Gasteiger partial charge in [-0.2, -0.15) is 13.2 Å². The summed E-state index contributed by atoms with van der Waals surface area (Å²) in [6.07, 6.45) is -3.13. The number of nitrogens with zero attached hydrogens (tertiary/aromatic N) is 1. The van der Waals surface area contributed by atoms with Gasteiger partial charge in [0.15, 0.2) is 0 Å². The summed E-state index contributed by atoms with van der Waals surface area (Å²) in [5.41, 5.74) is 2.27. The average Bonchev–Trinajstić information content (AvgIpc) is 2.72. The highest BCUT2D eigenvalue weighted by molar-refractivity contribution is 6.16. The third kappa shape index (κ3) is 5.85. The Kier molecular flexibility index (Phi) is 7.63. The van der Waals surface area contributed by atoms with Crippen LogP contribution in [0.1, 0.15) is 34.7 Å². The highest BCUT2D eigenvalue weighted by Gasteiger charge is 2.30. The van der Waals surface area contributed by atoms with Crippen LogP contribution < -0.4 is 0 Å². The van der Waals surface area contributed by atoms with Gasteiger partial charge in [0.2, 0.25) is 0 Å². The number of aryl methyl sites for hydroxylation is 1. The highest BCUT2D eigenvalue weighted by atomic mass is 19.4. The van der Waals surface area contributed by atoms with Crippen LogP contribution in [-0.4, -0.2) is 25.9 Å². The van der Waals surface area contributed by atoms with E-state index in [1.165, 1.54) is 32.6 Å². The Balaban J connectivity index is 2.18. The quantitative estimate of drug-likeness (QED) is 0.205. The van der Waals surface area contributed by atoms with Gasteiger partial charge in [-0.25, -0.2) is 4.79 Å². The van der Waals surface area contributed by atoms with Crippen LogP contribution in [-0.2, 0) is 31.9 Å². The van der Waals surface area contributed by atoms with Gasteiger partial charge in [-0.15, -0.1) is 0 Å². The van der Waals surface area contributed by atoms with Gasteiger partial charge in [-0.05, 0) is 54.3 Å². The van der Waals surface area contributed by atoms with Crippen molar-refractivity contribution in [2.75, 3.05) is 14.2 Å². The fraction of sp³-hybridized carbons (Fsp3) is 0.273. The molecule has 0 radical (unpaired) electrons. The van der Waals surface area contributed by atoms with E-state index in [4.69, 9.17) is 14.3 Å². The fourth-order valence-corrected chi connectivity index (χ4v) is 2.68. The Bertz CT molecular complexity index is 965. The van der Waals surface area contributed by atoms with Crippen LogP contribution in [0.15, 0.2) is 53.9 Å². The summed E-state index contributed by atoms with van der Waals surface area (Å²) in [7, 11) is 2.70. The number of ether oxygens (including phenoxy) is 2. The van der Waals surface area contributed by atoms with Crippen molar-refractivity contribution in [1.82, 2.24) is 0 Å². The maximum absolute atomic E-state index is 12.9. The summed E-state index contributed by atoms with van der Waals surface area (Å²) in [5.74, 6) is -0.545. The van der Waals surface area contributed by atoms with Crippen LogP contribution in [0.5, 0.6) is 0 Å². The minimum atomic E-state index is -4.43. The SMILES string of the molecule is CO/C=C(/C(=O)OC)c1cc(CO/N=C(\C)c2cccc(C(F)(F)F)c2)ccc1C. The summed E-state index contributed by atoms with van der Waals surface area (Å²) in [6.45, 7) is 3.46. The van der Waals surface area contributed by atoms with Crippen molar-refractivity contribution in [1.29, 1.82) is 0 Å². The Morgan fingerprint density at radius 2 is 1.87 bits per heavy atom. The van der Waals surface area contributed by atoms with Gasteiger partial charge in [-0.3, -0.25) is 0 Å². The van der Waals surface area contributed by atoms with Crippen molar-refractivity contribution in [3.8, 4) is 0 Å². The Morgan fingerprint density at radius 1 is 1.13 bits per heavy atom. The molecular weight excluding hydrogens is 399 g/mol. The molecule has 0 saturated heterocycles. The summed E-state index contributed by atoms with van der Waals surface area (Å²) in [5, 5.41) is 3.92. The molecule has 30 heavy (non-hydrogen) atoms. The van der Waals surface area contributed by atoms with Crippen molar-refractivity contribution in [3.05, 3.63) is 76.5 Å². The summed E-state index contributed by atoms with van der Waals surface area (Å²) < 4.78 is 48.3. The summed E-state index contributed by atoms with van der Waals surface area (Å²) in [6, 6.07) is 10.2. The van der Waals surface area contributed by atoms with Gasteiger partial charge in [0.05, 0.1) is 31.8 Å². The molecule has 0 N–H and O–H groups in total. The number of methoxy groups -OCH3 is 2. The van der Waals surface area contributed by atoms with Crippen LogP contribution >= 0.6 is 0 Å². The molecule has 0 aliphatic carbocycles. The van der Waals surface area contributed by atoms with E-state index in [1.807, 2.05) is 13.0 Å². The van der Waals surface area contributed by atoms with E-state index in [1.54, 1.807) is 19.1 Å². The van der Waals surface area contributed by atoms with Gasteiger partial charge in [0.1, 0.15) is 12.2 Å². The molecule has 8 heteroatoms. The zero-order chi connectivity index (χ0) is 22.3. The average molecular weight is 421 g/mol. The molecule has 0 spiro atoms. The van der Waals surface area contributed by atoms with Crippen LogP contribution in [0, 0.1) is 6.92 Å². The smallest absolute Gasteiger partial charge is 0.416 e. The number of alkyl halides is 3. The molecule has 5 nitrogen and oxygen atoms in total. The molecule has 0 unspecified atom stereocenters. The molecular formula is C22H22F3NO4. The molecule has 0 fully saturated rings. The largest absolute Gasteiger partial charge is 0.503 e. The molecule has 0 aromatic heterocycles. The van der Waals surface area contributed by atoms with E-state index in [2.05, 4.69) is 5.16 Å². The molecule has 0 atom stereocenters. The summed E-state index contributed by atoms with van der Waals surface area (Å²) in [4.78, 5) is 17.3. The topological polar surface area (TPSA) is 57.1 Å². The first kappa shape index (κ1) is 23.0. The lowest BCUT2D eigenvalue weighted by Gasteiger charge is -2.11. The molecule has 2 aromatic rings. The normalized spacial score (nSPS) is 12.5. The predicted octanol–water partition coefficient (Wildman–Crippen LogP) is 5.11.